The third-order valence-electron chi connectivity index (χ3n) is 5.88. The summed E-state index contributed by atoms with van der Waals surface area (Å²) >= 11 is 1.64. The van der Waals surface area contributed by atoms with Gasteiger partial charge in [0.25, 0.3) is 0 Å². The van der Waals surface area contributed by atoms with Crippen molar-refractivity contribution in [3.05, 3.63) is 59.7 Å². The number of aliphatic hydroxyl groups is 1. The Labute approximate surface area is 208 Å². The van der Waals surface area contributed by atoms with Crippen LogP contribution in [0, 0.1) is 12.7 Å². The fraction of sp³-hybridized carbons (Fsp3) is 0.160. The lowest BCUT2D eigenvalue weighted by molar-refractivity contribution is 0.199. The monoisotopic (exact) mass is 500 g/mol. The Hall–Kier alpha value is -4.22. The lowest BCUT2D eigenvalue weighted by atomic mass is 10.1. The molecule has 0 aromatic carbocycles. The molecule has 0 fully saturated rings. The molecule has 0 spiro atoms. The second-order valence-electron chi connectivity index (χ2n) is 8.36. The highest BCUT2D eigenvalue weighted by Gasteiger charge is 2.22. The van der Waals surface area contributed by atoms with Gasteiger partial charge in [0.05, 0.1) is 39.4 Å². The SMILES string of the molecule is CCC(O)Nc1cncc(-c2ncc3[nH]nc(-c4nc5c(-c6ccc(C)s6)nccc5[nH]4)c3c2F)c1. The van der Waals surface area contributed by atoms with E-state index in [1.165, 1.54) is 17.3 Å². The van der Waals surface area contributed by atoms with Crippen molar-refractivity contribution in [2.24, 2.45) is 0 Å². The van der Waals surface area contributed by atoms with Crippen LogP contribution in [-0.4, -0.2) is 46.5 Å². The van der Waals surface area contributed by atoms with Gasteiger partial charge >= 0.3 is 0 Å². The number of nitrogens with zero attached hydrogens (tertiary/aromatic N) is 5. The van der Waals surface area contributed by atoms with E-state index in [1.54, 1.807) is 29.8 Å². The van der Waals surface area contributed by atoms with Crippen molar-refractivity contribution in [1.82, 2.24) is 35.1 Å². The molecule has 0 saturated carbocycles. The zero-order valence-corrected chi connectivity index (χ0v) is 20.2. The highest BCUT2D eigenvalue weighted by Crippen LogP contribution is 2.35. The fourth-order valence-corrected chi connectivity index (χ4v) is 4.95. The topological polar surface area (TPSA) is 128 Å². The number of hydrogen-bond donors (Lipinski definition) is 4. The van der Waals surface area contributed by atoms with Gasteiger partial charge in [0, 0.05) is 22.8 Å². The minimum Gasteiger partial charge on any atom is -0.374 e. The minimum absolute atomic E-state index is 0.125. The first-order chi connectivity index (χ1) is 17.5. The van der Waals surface area contributed by atoms with Gasteiger partial charge in [-0.25, -0.2) is 9.37 Å². The van der Waals surface area contributed by atoms with Gasteiger partial charge in [0.2, 0.25) is 0 Å². The summed E-state index contributed by atoms with van der Waals surface area (Å²) in [6, 6.07) is 7.60. The summed E-state index contributed by atoms with van der Waals surface area (Å²) in [6.07, 6.45) is 6.15. The molecule has 1 unspecified atom stereocenters. The maximum Gasteiger partial charge on any atom is 0.161 e. The number of halogens is 1. The Morgan fingerprint density at radius 2 is 1.97 bits per heavy atom. The van der Waals surface area contributed by atoms with Crippen LogP contribution in [0.1, 0.15) is 18.2 Å². The van der Waals surface area contributed by atoms with E-state index in [9.17, 15) is 5.11 Å². The molecule has 11 heteroatoms. The predicted molar refractivity (Wildman–Crippen MR) is 138 cm³/mol. The molecular weight excluding hydrogens is 479 g/mol. The Balaban J connectivity index is 1.46. The molecule has 0 amide bonds. The van der Waals surface area contributed by atoms with Crippen LogP contribution in [0.3, 0.4) is 0 Å². The molecule has 0 aliphatic rings. The highest BCUT2D eigenvalue weighted by molar-refractivity contribution is 7.15. The summed E-state index contributed by atoms with van der Waals surface area (Å²) in [5.74, 6) is -0.117. The average Bonchev–Trinajstić information content (AvgIpc) is 3.62. The van der Waals surface area contributed by atoms with Crippen LogP contribution in [0.15, 0.2) is 49.1 Å². The van der Waals surface area contributed by atoms with Crippen LogP contribution in [-0.2, 0) is 0 Å². The van der Waals surface area contributed by atoms with Crippen molar-refractivity contribution in [1.29, 1.82) is 0 Å². The quantitative estimate of drug-likeness (QED) is 0.229. The van der Waals surface area contributed by atoms with Gasteiger partial charge in [0.15, 0.2) is 11.6 Å². The summed E-state index contributed by atoms with van der Waals surface area (Å²) in [5, 5.41) is 20.3. The third kappa shape index (κ3) is 3.78. The van der Waals surface area contributed by atoms with Crippen LogP contribution in [0.2, 0.25) is 0 Å². The van der Waals surface area contributed by atoms with Crippen molar-refractivity contribution in [2.45, 2.75) is 26.5 Å². The zero-order valence-electron chi connectivity index (χ0n) is 19.4. The van der Waals surface area contributed by atoms with Crippen molar-refractivity contribution >= 4 is 39.0 Å². The van der Waals surface area contributed by atoms with Crippen LogP contribution < -0.4 is 5.32 Å². The van der Waals surface area contributed by atoms with Crippen molar-refractivity contribution in [3.63, 3.8) is 0 Å². The van der Waals surface area contributed by atoms with Crippen LogP contribution in [0.4, 0.5) is 10.1 Å². The number of fused-ring (bicyclic) bond motifs is 2. The number of nitrogens with one attached hydrogen (secondary N) is 3. The molecule has 0 aliphatic heterocycles. The summed E-state index contributed by atoms with van der Waals surface area (Å²) in [5.41, 5.74) is 4.19. The number of hydrogen-bond acceptors (Lipinski definition) is 8. The molecule has 6 rings (SSSR count). The lowest BCUT2D eigenvalue weighted by Crippen LogP contribution is -2.17. The molecule has 6 heterocycles. The van der Waals surface area contributed by atoms with E-state index in [2.05, 4.69) is 35.5 Å². The minimum atomic E-state index is -0.728. The number of aryl methyl sites for hydroxylation is 1. The first-order valence-corrected chi connectivity index (χ1v) is 12.2. The van der Waals surface area contributed by atoms with E-state index in [1.807, 2.05) is 32.0 Å². The van der Waals surface area contributed by atoms with Crippen LogP contribution in [0.25, 0.3) is 55.3 Å². The van der Waals surface area contributed by atoms with E-state index < -0.39 is 12.0 Å². The number of pyridine rings is 3. The van der Waals surface area contributed by atoms with E-state index in [-0.39, 0.29) is 11.1 Å². The molecule has 1 atom stereocenters. The normalized spacial score (nSPS) is 12.4. The Morgan fingerprint density at radius 3 is 2.78 bits per heavy atom. The van der Waals surface area contributed by atoms with Gasteiger partial charge in [-0.3, -0.25) is 20.1 Å². The van der Waals surface area contributed by atoms with Crippen molar-refractivity contribution < 1.29 is 9.50 Å². The molecule has 4 N–H and O–H groups in total. The summed E-state index contributed by atoms with van der Waals surface area (Å²) < 4.78 is 15.9. The Kier molecular flexibility index (Phi) is 5.42. The number of aromatic nitrogens is 7. The molecule has 6 aromatic rings. The number of thiophene rings is 1. The summed E-state index contributed by atoms with van der Waals surface area (Å²) in [6.45, 7) is 3.89. The predicted octanol–water partition coefficient (Wildman–Crippen LogP) is 5.27. The van der Waals surface area contributed by atoms with Crippen LogP contribution in [0.5, 0.6) is 0 Å². The van der Waals surface area contributed by atoms with Crippen molar-refractivity contribution in [3.8, 4) is 33.3 Å². The van der Waals surface area contributed by atoms with E-state index in [4.69, 9.17) is 4.98 Å². The number of H-pyrrole nitrogens is 2. The van der Waals surface area contributed by atoms with Crippen LogP contribution >= 0.6 is 11.3 Å². The Morgan fingerprint density at radius 1 is 1.08 bits per heavy atom. The number of imidazole rings is 1. The molecule has 6 aromatic heterocycles. The van der Waals surface area contributed by atoms with E-state index in [0.717, 1.165) is 16.1 Å². The molecule has 36 heavy (non-hydrogen) atoms. The largest absolute Gasteiger partial charge is 0.374 e. The first-order valence-electron chi connectivity index (χ1n) is 11.4. The number of anilines is 1. The van der Waals surface area contributed by atoms with Crippen molar-refractivity contribution in [2.75, 3.05) is 5.32 Å². The number of aliphatic hydroxyl groups excluding tert-OH is 1. The van der Waals surface area contributed by atoms with Gasteiger partial charge in [0.1, 0.15) is 28.8 Å². The average molecular weight is 501 g/mol. The fourth-order valence-electron chi connectivity index (χ4n) is 4.08. The number of aromatic amines is 2. The molecule has 0 bridgehead atoms. The van der Waals surface area contributed by atoms with Gasteiger partial charge in [-0.2, -0.15) is 5.10 Å². The molecule has 0 aliphatic carbocycles. The Bertz CT molecular complexity index is 1720. The molecule has 0 saturated heterocycles. The van der Waals surface area contributed by atoms with E-state index >= 15 is 4.39 Å². The summed E-state index contributed by atoms with van der Waals surface area (Å²) in [7, 11) is 0. The zero-order chi connectivity index (χ0) is 24.8. The third-order valence-corrected chi connectivity index (χ3v) is 6.88. The number of rotatable bonds is 6. The maximum atomic E-state index is 15.9. The van der Waals surface area contributed by atoms with E-state index in [0.29, 0.717) is 40.2 Å². The van der Waals surface area contributed by atoms with Gasteiger partial charge in [-0.15, -0.1) is 11.3 Å². The molecule has 9 nitrogen and oxygen atoms in total. The molecular formula is C25H21FN8OS. The summed E-state index contributed by atoms with van der Waals surface area (Å²) in [4.78, 5) is 23.2. The van der Waals surface area contributed by atoms with Gasteiger partial charge in [-0.05, 0) is 37.6 Å². The van der Waals surface area contributed by atoms with Gasteiger partial charge in [-0.1, -0.05) is 6.92 Å². The standard InChI is InChI=1S/C25H21FN8OS/c1-3-18(35)30-14-8-13(9-27-10-14)21-20(26)19-16(11-29-21)33-34-24(19)25-31-15-6-7-28-23(22(15)32-25)17-5-4-12(2)36-17/h4-11,18,30,35H,3H2,1-2H3,(H,31,32)(H,33,34). The smallest absolute Gasteiger partial charge is 0.161 e. The second-order valence-corrected chi connectivity index (χ2v) is 9.65. The second kappa shape index (κ2) is 8.77. The molecule has 180 valence electrons. The maximum absolute atomic E-state index is 15.9. The first kappa shape index (κ1) is 22.3. The molecule has 0 radical (unpaired) electrons. The lowest BCUT2D eigenvalue weighted by Gasteiger charge is -2.12. The van der Waals surface area contributed by atoms with Gasteiger partial charge < -0.3 is 15.4 Å². The highest BCUT2D eigenvalue weighted by atomic mass is 32.1.